The lowest BCUT2D eigenvalue weighted by Crippen LogP contribution is -3.06. The van der Waals surface area contributed by atoms with Gasteiger partial charge in [0.1, 0.15) is 11.5 Å². The molecule has 0 saturated heterocycles. The van der Waals surface area contributed by atoms with E-state index in [0.717, 1.165) is 35.3 Å². The monoisotopic (exact) mass is 769 g/mol. The number of nitrogens with one attached hydrogen (secondary N) is 3. The minimum absolute atomic E-state index is 0. The van der Waals surface area contributed by atoms with Crippen LogP contribution in [0.4, 0.5) is 0 Å². The van der Waals surface area contributed by atoms with Gasteiger partial charge in [-0.2, -0.15) is 0 Å². The Morgan fingerprint density at radius 1 is 0.596 bits per heavy atom. The number of benzene rings is 2. The molecule has 0 fully saturated rings. The van der Waals surface area contributed by atoms with Crippen molar-refractivity contribution in [1.29, 1.82) is 0 Å². The molecular weight excluding hydrogens is 703 g/mol. The molecule has 0 radical (unpaired) electrons. The van der Waals surface area contributed by atoms with Crippen LogP contribution >= 0.6 is 24.8 Å². The molecule has 0 aliphatic rings. The summed E-state index contributed by atoms with van der Waals surface area (Å²) in [5.41, 5.74) is 4.10. The number of esters is 2. The van der Waals surface area contributed by atoms with Gasteiger partial charge in [0.25, 0.3) is 0 Å². The number of hydrogen-bond acceptors (Lipinski definition) is 7. The van der Waals surface area contributed by atoms with Crippen LogP contribution in [0, 0.1) is 0 Å². The van der Waals surface area contributed by atoms with Gasteiger partial charge in [-0.05, 0) is 60.0 Å². The smallest absolute Gasteiger partial charge is 0.311 e. The Bertz CT molecular complexity index is 1220. The molecule has 0 spiro atoms. The molecule has 0 aliphatic heterocycles. The Morgan fingerprint density at radius 3 is 1.21 bits per heavy atom. The van der Waals surface area contributed by atoms with Crippen molar-refractivity contribution in [2.24, 2.45) is 0 Å². The van der Waals surface area contributed by atoms with Gasteiger partial charge in [-0.3, -0.25) is 19.2 Å². The third-order valence-electron chi connectivity index (χ3n) is 8.01. The lowest BCUT2D eigenvalue weighted by Gasteiger charge is -2.18. The Kier molecular flexibility index (Phi) is 26.0. The number of ether oxygens (including phenoxy) is 2. The number of rotatable bonds is 18. The number of amides is 2. The molecule has 0 aliphatic carbocycles. The van der Waals surface area contributed by atoms with Gasteiger partial charge in [-0.1, -0.05) is 91.8 Å². The van der Waals surface area contributed by atoms with Crippen LogP contribution in [0.25, 0.3) is 0 Å². The summed E-state index contributed by atoms with van der Waals surface area (Å²) in [4.78, 5) is 51.3. The number of likely N-dealkylation sites (N-methyl/N-ethyl adjacent to an activating group) is 2. The van der Waals surface area contributed by atoms with Crippen LogP contribution in [-0.4, -0.2) is 83.0 Å². The Labute approximate surface area is 326 Å². The second kappa shape index (κ2) is 26.6. The molecule has 10 nitrogen and oxygen atoms in total. The number of carbonyl (C=O) groups excluding carboxylic acids is 4. The van der Waals surface area contributed by atoms with Crippen LogP contribution in [0.15, 0.2) is 36.4 Å². The predicted octanol–water partition coefficient (Wildman–Crippen LogP) is 6.02. The van der Waals surface area contributed by atoms with Crippen molar-refractivity contribution in [3.05, 3.63) is 58.7 Å². The van der Waals surface area contributed by atoms with E-state index in [2.05, 4.69) is 66.0 Å². The van der Waals surface area contributed by atoms with Crippen molar-refractivity contribution in [2.75, 3.05) is 54.4 Å². The average molecular weight is 771 g/mol. The maximum absolute atomic E-state index is 12.2. The molecule has 2 aromatic carbocycles. The van der Waals surface area contributed by atoms with E-state index in [9.17, 15) is 19.2 Å². The second-order valence-corrected chi connectivity index (χ2v) is 14.6. The molecule has 0 saturated carbocycles. The van der Waals surface area contributed by atoms with E-state index in [1.54, 1.807) is 0 Å². The highest BCUT2D eigenvalue weighted by Crippen LogP contribution is 2.36. The molecule has 12 heteroatoms. The number of nitrogens with zero attached hydrogens (tertiary/aromatic N) is 1. The van der Waals surface area contributed by atoms with Gasteiger partial charge in [-0.15, -0.1) is 24.8 Å². The van der Waals surface area contributed by atoms with Crippen LogP contribution < -0.4 is 25.0 Å². The van der Waals surface area contributed by atoms with Crippen LogP contribution in [0.1, 0.15) is 127 Å². The third kappa shape index (κ3) is 19.6. The summed E-state index contributed by atoms with van der Waals surface area (Å²) < 4.78 is 11.3. The molecule has 0 atom stereocenters. The summed E-state index contributed by atoms with van der Waals surface area (Å²) in [7, 11) is 7.95. The fourth-order valence-corrected chi connectivity index (χ4v) is 5.01. The van der Waals surface area contributed by atoms with Crippen LogP contribution in [0.3, 0.4) is 0 Å². The molecule has 0 aromatic heterocycles. The average Bonchev–Trinajstić information content (AvgIpc) is 3.02. The van der Waals surface area contributed by atoms with Crippen molar-refractivity contribution in [2.45, 2.75) is 105 Å². The molecule has 3 N–H and O–H groups in total. The highest BCUT2D eigenvalue weighted by molar-refractivity contribution is 5.86. The number of halogens is 2. The van der Waals surface area contributed by atoms with Gasteiger partial charge in [0.05, 0.1) is 40.0 Å². The molecule has 296 valence electrons. The van der Waals surface area contributed by atoms with E-state index in [1.807, 2.05) is 69.5 Å². The summed E-state index contributed by atoms with van der Waals surface area (Å²) in [5, 5.41) is 5.63. The molecular formula is C40H67Cl2N4O6+. The first-order valence-corrected chi connectivity index (χ1v) is 18.1. The highest BCUT2D eigenvalue weighted by atomic mass is 35.5. The van der Waals surface area contributed by atoms with E-state index < -0.39 is 0 Å². The van der Waals surface area contributed by atoms with Crippen molar-refractivity contribution >= 4 is 48.6 Å². The Hall–Kier alpha value is -3.18. The molecule has 2 rings (SSSR count). The molecule has 0 heterocycles. The zero-order valence-corrected chi connectivity index (χ0v) is 35.3. The first kappa shape index (κ1) is 50.9. The zero-order valence-electron chi connectivity index (χ0n) is 33.6. The van der Waals surface area contributed by atoms with Gasteiger partial charge in [0.15, 0.2) is 0 Å². The van der Waals surface area contributed by atoms with Gasteiger partial charge in [0.2, 0.25) is 11.8 Å². The second-order valence-electron chi connectivity index (χ2n) is 14.6. The summed E-state index contributed by atoms with van der Waals surface area (Å²) >= 11 is 0. The first-order valence-electron chi connectivity index (χ1n) is 18.1. The maximum Gasteiger partial charge on any atom is 0.311 e. The lowest BCUT2D eigenvalue weighted by atomic mass is 9.94. The van der Waals surface area contributed by atoms with E-state index in [4.69, 9.17) is 9.47 Å². The zero-order chi connectivity index (χ0) is 38.0. The molecule has 2 aromatic rings. The van der Waals surface area contributed by atoms with Gasteiger partial charge >= 0.3 is 11.9 Å². The van der Waals surface area contributed by atoms with Crippen LogP contribution in [0.5, 0.6) is 11.5 Å². The summed E-state index contributed by atoms with van der Waals surface area (Å²) in [6.45, 7) is 19.5. The van der Waals surface area contributed by atoms with E-state index in [1.165, 1.54) is 4.90 Å². The minimum Gasteiger partial charge on any atom is -0.426 e. The topological polar surface area (TPSA) is 118 Å². The third-order valence-corrected chi connectivity index (χ3v) is 8.01. The van der Waals surface area contributed by atoms with Crippen molar-refractivity contribution in [3.63, 3.8) is 0 Å². The van der Waals surface area contributed by atoms with Crippen molar-refractivity contribution in [3.8, 4) is 11.5 Å². The minimum atomic E-state index is -0.363. The quantitative estimate of drug-likeness (QED) is 0.125. The first-order chi connectivity index (χ1) is 23.4. The van der Waals surface area contributed by atoms with E-state index in [-0.39, 0.29) is 97.9 Å². The summed E-state index contributed by atoms with van der Waals surface area (Å²) in [6.07, 6.45) is 0.470. The summed E-state index contributed by atoms with van der Waals surface area (Å²) in [5.74, 6) is 1.41. The van der Waals surface area contributed by atoms with Crippen LogP contribution in [-0.2, 0) is 19.2 Å². The maximum atomic E-state index is 12.2. The van der Waals surface area contributed by atoms with E-state index in [0.29, 0.717) is 24.6 Å². The van der Waals surface area contributed by atoms with Crippen molar-refractivity contribution < 1.29 is 33.6 Å². The fourth-order valence-electron chi connectivity index (χ4n) is 5.01. The van der Waals surface area contributed by atoms with Gasteiger partial charge < -0.3 is 29.9 Å². The lowest BCUT2D eigenvalue weighted by molar-refractivity contribution is -0.856. The molecule has 0 unspecified atom stereocenters. The normalized spacial score (nSPS) is 10.8. The predicted molar refractivity (Wildman–Crippen MR) is 216 cm³/mol. The molecule has 2 amide bonds. The highest BCUT2D eigenvalue weighted by Gasteiger charge is 2.20. The number of hydrogen-bond donors (Lipinski definition) is 3. The number of carbonyl (C=O) groups is 4. The largest absolute Gasteiger partial charge is 0.426 e. The Balaban J connectivity index is 0. The fraction of sp³-hybridized carbons (Fsp3) is 0.600. The van der Waals surface area contributed by atoms with Gasteiger partial charge in [-0.25, -0.2) is 0 Å². The number of quaternary nitrogens is 1. The molecule has 52 heavy (non-hydrogen) atoms. The molecule has 0 bridgehead atoms. The van der Waals surface area contributed by atoms with Crippen LogP contribution in [0.2, 0.25) is 0 Å². The SMILES string of the molecule is CC(C)c1cccc(C(C)C)c1OC(=O)CCC(=O)NCCN(C)C.CC(C)c1cccc(C(C)C)c1OC(=O)CCC(=O)NCC[NH+](C)C.Cl.Cl. The Morgan fingerprint density at radius 2 is 0.923 bits per heavy atom. The standard InChI is InChI=1S/2C20H32N2O3.2ClH/c2*1-14(2)16-8-7-9-17(15(3)4)20(16)25-19(24)11-10-18(23)21-12-13-22(5)6;;/h2*7-9,14-15H,10-13H2,1-6H3,(H,21,23);2*1H/p+1. The number of para-hydroxylation sites is 2. The van der Waals surface area contributed by atoms with Crippen molar-refractivity contribution in [1.82, 2.24) is 15.5 Å². The summed E-state index contributed by atoms with van der Waals surface area (Å²) in [6, 6.07) is 12.0. The van der Waals surface area contributed by atoms with E-state index >= 15 is 0 Å². The van der Waals surface area contributed by atoms with Gasteiger partial charge in [0, 0.05) is 25.9 Å².